The standard InChI is InChI=1S/C10H8F4N2O2/c11-5-1-2-6(16(17)18)8(12)7(5)9(4-15)3-10(9,13)14/h1-2H,3-4,15H2. The molecule has 1 aliphatic rings. The largest absolute Gasteiger partial charge is 0.329 e. The molecule has 0 aromatic heterocycles. The SMILES string of the molecule is NCC1(c2c(F)ccc([N+](=O)[O-])c2F)CC1(F)F. The molecular weight excluding hydrogens is 256 g/mol. The van der Waals surface area contributed by atoms with E-state index in [0.717, 1.165) is 0 Å². The van der Waals surface area contributed by atoms with Gasteiger partial charge in [0.1, 0.15) is 5.82 Å². The van der Waals surface area contributed by atoms with Gasteiger partial charge in [0, 0.05) is 24.6 Å². The summed E-state index contributed by atoms with van der Waals surface area (Å²) in [6.07, 6.45) is -0.814. The Morgan fingerprint density at radius 2 is 1.94 bits per heavy atom. The van der Waals surface area contributed by atoms with Crippen molar-refractivity contribution in [2.75, 3.05) is 6.54 Å². The van der Waals surface area contributed by atoms with Crippen molar-refractivity contribution in [3.63, 3.8) is 0 Å². The first-order valence-electron chi connectivity index (χ1n) is 4.97. The number of nitro benzene ring substituents is 1. The molecule has 0 radical (unpaired) electrons. The van der Waals surface area contributed by atoms with Gasteiger partial charge in [-0.3, -0.25) is 10.1 Å². The van der Waals surface area contributed by atoms with Crippen LogP contribution in [0.5, 0.6) is 0 Å². The number of rotatable bonds is 3. The molecule has 0 spiro atoms. The maximum atomic E-state index is 13.8. The van der Waals surface area contributed by atoms with Crippen LogP contribution in [0.2, 0.25) is 0 Å². The Labute approximate surface area is 98.5 Å². The summed E-state index contributed by atoms with van der Waals surface area (Å²) in [7, 11) is 0. The average Bonchev–Trinajstić information content (AvgIpc) is 2.81. The number of nitrogens with two attached hydrogens (primary N) is 1. The Bertz CT molecular complexity index is 535. The first kappa shape index (κ1) is 12.7. The first-order valence-corrected chi connectivity index (χ1v) is 4.97. The van der Waals surface area contributed by atoms with Gasteiger partial charge in [-0.25, -0.2) is 13.2 Å². The van der Waals surface area contributed by atoms with E-state index in [-0.39, 0.29) is 0 Å². The van der Waals surface area contributed by atoms with Crippen molar-refractivity contribution < 1.29 is 22.5 Å². The number of halogens is 4. The van der Waals surface area contributed by atoms with E-state index in [4.69, 9.17) is 5.73 Å². The lowest BCUT2D eigenvalue weighted by atomic mass is 9.93. The van der Waals surface area contributed by atoms with Gasteiger partial charge in [0.05, 0.1) is 10.3 Å². The zero-order valence-electron chi connectivity index (χ0n) is 8.92. The molecule has 2 rings (SSSR count). The van der Waals surface area contributed by atoms with Gasteiger partial charge in [0.15, 0.2) is 0 Å². The molecule has 0 saturated heterocycles. The van der Waals surface area contributed by atoms with Crippen LogP contribution in [0, 0.1) is 21.7 Å². The summed E-state index contributed by atoms with van der Waals surface area (Å²) >= 11 is 0. The van der Waals surface area contributed by atoms with Crippen molar-refractivity contribution in [2.45, 2.75) is 17.8 Å². The number of benzene rings is 1. The van der Waals surface area contributed by atoms with Gasteiger partial charge in [-0.1, -0.05) is 0 Å². The van der Waals surface area contributed by atoms with Crippen molar-refractivity contribution in [1.29, 1.82) is 0 Å². The highest BCUT2D eigenvalue weighted by Gasteiger charge is 2.73. The van der Waals surface area contributed by atoms with Crippen molar-refractivity contribution in [1.82, 2.24) is 0 Å². The van der Waals surface area contributed by atoms with Crippen LogP contribution in [-0.2, 0) is 5.41 Å². The Morgan fingerprint density at radius 3 is 2.33 bits per heavy atom. The molecular formula is C10H8F4N2O2. The van der Waals surface area contributed by atoms with Crippen molar-refractivity contribution in [2.24, 2.45) is 5.73 Å². The maximum absolute atomic E-state index is 13.8. The van der Waals surface area contributed by atoms with Gasteiger partial charge < -0.3 is 5.73 Å². The predicted octanol–water partition coefficient (Wildman–Crippen LogP) is 2.11. The lowest BCUT2D eigenvalue weighted by Crippen LogP contribution is -2.29. The second kappa shape index (κ2) is 3.64. The summed E-state index contributed by atoms with van der Waals surface area (Å²) in [5, 5.41) is 10.5. The number of hydrogen-bond donors (Lipinski definition) is 1. The fraction of sp³-hybridized carbons (Fsp3) is 0.400. The molecule has 1 aromatic rings. The Balaban J connectivity index is 2.65. The minimum absolute atomic E-state index is 0.596. The molecule has 18 heavy (non-hydrogen) atoms. The number of alkyl halides is 2. The molecule has 0 amide bonds. The zero-order valence-corrected chi connectivity index (χ0v) is 8.92. The first-order chi connectivity index (χ1) is 8.27. The van der Waals surface area contributed by atoms with Crippen molar-refractivity contribution in [3.05, 3.63) is 39.4 Å². The number of nitrogens with zero attached hydrogens (tertiary/aromatic N) is 1. The monoisotopic (exact) mass is 264 g/mol. The highest BCUT2D eigenvalue weighted by atomic mass is 19.3. The minimum Gasteiger partial charge on any atom is -0.329 e. The Hall–Kier alpha value is -1.70. The third-order valence-corrected chi connectivity index (χ3v) is 3.19. The Morgan fingerprint density at radius 1 is 1.39 bits per heavy atom. The second-order valence-electron chi connectivity index (χ2n) is 4.18. The summed E-state index contributed by atoms with van der Waals surface area (Å²) in [5.74, 6) is -6.18. The fourth-order valence-corrected chi connectivity index (χ4v) is 2.05. The molecule has 4 nitrogen and oxygen atoms in total. The van der Waals surface area contributed by atoms with Crippen LogP contribution in [0.1, 0.15) is 12.0 Å². The molecule has 0 bridgehead atoms. The van der Waals surface area contributed by atoms with Crippen LogP contribution in [0.15, 0.2) is 12.1 Å². The Kier molecular flexibility index (Phi) is 2.58. The second-order valence-corrected chi connectivity index (χ2v) is 4.18. The third kappa shape index (κ3) is 1.48. The quantitative estimate of drug-likeness (QED) is 0.516. The van der Waals surface area contributed by atoms with Crippen LogP contribution in [0.3, 0.4) is 0 Å². The molecule has 1 atom stereocenters. The van der Waals surface area contributed by atoms with Gasteiger partial charge in [-0.2, -0.15) is 4.39 Å². The smallest absolute Gasteiger partial charge is 0.305 e. The summed E-state index contributed by atoms with van der Waals surface area (Å²) in [6.45, 7) is -0.686. The van der Waals surface area contributed by atoms with Gasteiger partial charge >= 0.3 is 5.69 Å². The minimum atomic E-state index is -3.35. The van der Waals surface area contributed by atoms with E-state index in [9.17, 15) is 27.7 Å². The molecule has 1 aliphatic carbocycles. The zero-order chi connectivity index (χ0) is 13.7. The van der Waals surface area contributed by atoms with E-state index in [2.05, 4.69) is 0 Å². The van der Waals surface area contributed by atoms with Crippen molar-refractivity contribution >= 4 is 5.69 Å². The van der Waals surface area contributed by atoms with E-state index in [0.29, 0.717) is 12.1 Å². The molecule has 98 valence electrons. The molecule has 0 aliphatic heterocycles. The van der Waals surface area contributed by atoms with Gasteiger partial charge in [0.25, 0.3) is 5.92 Å². The van der Waals surface area contributed by atoms with Crippen molar-refractivity contribution in [3.8, 4) is 0 Å². The van der Waals surface area contributed by atoms with Gasteiger partial charge in [-0.05, 0) is 6.07 Å². The molecule has 1 fully saturated rings. The van der Waals surface area contributed by atoms with Crippen LogP contribution >= 0.6 is 0 Å². The highest BCUT2D eigenvalue weighted by molar-refractivity contribution is 5.47. The van der Waals surface area contributed by atoms with E-state index in [1.54, 1.807) is 0 Å². The maximum Gasteiger partial charge on any atom is 0.305 e. The molecule has 8 heteroatoms. The van der Waals surface area contributed by atoms with Gasteiger partial charge in [0.2, 0.25) is 5.82 Å². The molecule has 2 N–H and O–H groups in total. The molecule has 0 heterocycles. The summed E-state index contributed by atoms with van der Waals surface area (Å²) in [6, 6.07) is 1.20. The summed E-state index contributed by atoms with van der Waals surface area (Å²) < 4.78 is 53.8. The van der Waals surface area contributed by atoms with Crippen LogP contribution in [-0.4, -0.2) is 17.4 Å². The molecule has 1 saturated carbocycles. The lowest BCUT2D eigenvalue weighted by Gasteiger charge is -2.15. The number of nitro groups is 1. The van der Waals surface area contributed by atoms with Crippen LogP contribution in [0.25, 0.3) is 0 Å². The van der Waals surface area contributed by atoms with Gasteiger partial charge in [-0.15, -0.1) is 0 Å². The molecule has 1 aromatic carbocycles. The molecule has 1 unspecified atom stereocenters. The topological polar surface area (TPSA) is 69.2 Å². The fourth-order valence-electron chi connectivity index (χ4n) is 2.05. The third-order valence-electron chi connectivity index (χ3n) is 3.19. The van der Waals surface area contributed by atoms with E-state index < -0.39 is 52.1 Å². The lowest BCUT2D eigenvalue weighted by molar-refractivity contribution is -0.387. The summed E-state index contributed by atoms with van der Waals surface area (Å²) in [4.78, 5) is 9.41. The van der Waals surface area contributed by atoms with E-state index >= 15 is 0 Å². The van der Waals surface area contributed by atoms with Crippen LogP contribution in [0.4, 0.5) is 23.2 Å². The normalized spacial score (nSPS) is 24.9. The summed E-state index contributed by atoms with van der Waals surface area (Å²) in [5.41, 5.74) is 0.948. The highest BCUT2D eigenvalue weighted by Crippen LogP contribution is 2.62. The number of hydrogen-bond acceptors (Lipinski definition) is 3. The van der Waals surface area contributed by atoms with E-state index in [1.165, 1.54) is 0 Å². The van der Waals surface area contributed by atoms with E-state index in [1.807, 2.05) is 0 Å². The predicted molar refractivity (Wildman–Crippen MR) is 53.3 cm³/mol. The van der Waals surface area contributed by atoms with Crippen LogP contribution < -0.4 is 5.73 Å². The average molecular weight is 264 g/mol.